The smallest absolute Gasteiger partial charge is 0.0541 e. The summed E-state index contributed by atoms with van der Waals surface area (Å²) in [4.78, 5) is 0. The highest BCUT2D eigenvalue weighted by molar-refractivity contribution is 7.26. The Labute approximate surface area is 240 Å². The average molecular weight is 541 g/mol. The first kappa shape index (κ1) is 21.9. The molecular weight excluding hydrogens is 516 g/mol. The minimum absolute atomic E-state index is 1.07. The SMILES string of the molecule is c1ccc2c(c1)c1ccccc1n2-c1cc2c3c(c1)sc1cc(-n4c5ccccc5c5ccccc54)cc(c13)CC2. The monoisotopic (exact) mass is 540 g/mol. The topological polar surface area (TPSA) is 9.86 Å². The molecule has 192 valence electrons. The fourth-order valence-corrected chi connectivity index (χ4v) is 8.75. The van der Waals surface area contributed by atoms with Crippen LogP contribution < -0.4 is 0 Å². The molecule has 1 aliphatic rings. The number of para-hydroxylation sites is 4. The van der Waals surface area contributed by atoms with E-state index in [1.807, 2.05) is 11.3 Å². The molecule has 0 aliphatic heterocycles. The minimum Gasteiger partial charge on any atom is -0.309 e. The zero-order chi connectivity index (χ0) is 26.7. The van der Waals surface area contributed by atoms with Crippen molar-refractivity contribution in [2.45, 2.75) is 12.8 Å². The third kappa shape index (κ3) is 2.86. The van der Waals surface area contributed by atoms with E-state index >= 15 is 0 Å². The molecule has 0 atom stereocenters. The molecule has 3 aromatic heterocycles. The van der Waals surface area contributed by atoms with E-state index in [4.69, 9.17) is 0 Å². The van der Waals surface area contributed by atoms with Gasteiger partial charge in [-0.3, -0.25) is 0 Å². The molecule has 41 heavy (non-hydrogen) atoms. The van der Waals surface area contributed by atoms with E-state index in [1.165, 1.54) is 86.3 Å². The molecular formula is C38H24N2S. The van der Waals surface area contributed by atoms with Crippen LogP contribution in [0.3, 0.4) is 0 Å². The number of hydrogen-bond acceptors (Lipinski definition) is 1. The first-order valence-electron chi connectivity index (χ1n) is 14.3. The van der Waals surface area contributed by atoms with Crippen LogP contribution in [0.1, 0.15) is 11.1 Å². The second-order valence-corrected chi connectivity index (χ2v) is 12.4. The number of rotatable bonds is 2. The molecule has 0 fully saturated rings. The summed E-state index contributed by atoms with van der Waals surface area (Å²) in [5.74, 6) is 0. The molecule has 0 amide bonds. The van der Waals surface area contributed by atoms with Gasteiger partial charge in [-0.05, 0) is 72.5 Å². The maximum Gasteiger partial charge on any atom is 0.0541 e. The van der Waals surface area contributed by atoms with Gasteiger partial charge in [0.1, 0.15) is 0 Å². The van der Waals surface area contributed by atoms with Gasteiger partial charge in [-0.2, -0.15) is 0 Å². The number of benzene rings is 6. The van der Waals surface area contributed by atoms with E-state index < -0.39 is 0 Å². The number of fused-ring (bicyclic) bond motifs is 6. The van der Waals surface area contributed by atoms with Crippen LogP contribution in [0.4, 0.5) is 0 Å². The Hall–Kier alpha value is -4.86. The molecule has 0 unspecified atom stereocenters. The Morgan fingerprint density at radius 3 is 1.12 bits per heavy atom. The summed E-state index contributed by atoms with van der Waals surface area (Å²) in [6.45, 7) is 0. The molecule has 0 spiro atoms. The van der Waals surface area contributed by atoms with Crippen molar-refractivity contribution < 1.29 is 0 Å². The molecule has 0 bridgehead atoms. The van der Waals surface area contributed by atoms with Gasteiger partial charge in [0, 0.05) is 53.1 Å². The Bertz CT molecular complexity index is 2260. The zero-order valence-corrected chi connectivity index (χ0v) is 23.1. The van der Waals surface area contributed by atoms with Gasteiger partial charge in [-0.1, -0.05) is 72.8 Å². The number of nitrogens with zero attached hydrogens (tertiary/aromatic N) is 2. The van der Waals surface area contributed by atoms with Crippen molar-refractivity contribution in [3.8, 4) is 11.4 Å². The molecule has 2 nitrogen and oxygen atoms in total. The molecule has 10 rings (SSSR count). The number of aromatic nitrogens is 2. The first-order chi connectivity index (χ1) is 20.3. The molecule has 0 radical (unpaired) electrons. The highest BCUT2D eigenvalue weighted by atomic mass is 32.1. The van der Waals surface area contributed by atoms with E-state index in [2.05, 4.69) is 130 Å². The third-order valence-corrected chi connectivity index (χ3v) is 10.2. The summed E-state index contributed by atoms with van der Waals surface area (Å²) in [5.41, 5.74) is 10.6. The predicted octanol–water partition coefficient (Wildman–Crippen LogP) is 10.3. The molecule has 0 saturated carbocycles. The minimum atomic E-state index is 1.07. The van der Waals surface area contributed by atoms with E-state index in [9.17, 15) is 0 Å². The summed E-state index contributed by atoms with van der Waals surface area (Å²) in [5, 5.41) is 8.17. The quantitative estimate of drug-likeness (QED) is 0.206. The van der Waals surface area contributed by atoms with E-state index in [-0.39, 0.29) is 0 Å². The van der Waals surface area contributed by atoms with Gasteiger partial charge >= 0.3 is 0 Å². The highest BCUT2D eigenvalue weighted by Gasteiger charge is 2.22. The van der Waals surface area contributed by atoms with Crippen molar-refractivity contribution in [3.63, 3.8) is 0 Å². The Kier molecular flexibility index (Phi) is 4.20. The van der Waals surface area contributed by atoms with Gasteiger partial charge < -0.3 is 9.13 Å². The van der Waals surface area contributed by atoms with Gasteiger partial charge in [0.05, 0.1) is 22.1 Å². The van der Waals surface area contributed by atoms with Crippen LogP contribution in [0.15, 0.2) is 121 Å². The number of aryl methyl sites for hydroxylation is 2. The van der Waals surface area contributed by atoms with Crippen molar-refractivity contribution >= 4 is 75.1 Å². The van der Waals surface area contributed by atoms with Crippen molar-refractivity contribution in [1.82, 2.24) is 9.13 Å². The summed E-state index contributed by atoms with van der Waals surface area (Å²) < 4.78 is 7.69. The van der Waals surface area contributed by atoms with Crippen molar-refractivity contribution in [1.29, 1.82) is 0 Å². The highest BCUT2D eigenvalue weighted by Crippen LogP contribution is 2.45. The Balaban J connectivity index is 1.26. The Morgan fingerprint density at radius 1 is 0.415 bits per heavy atom. The standard InChI is InChI=1S/C38H24N2S/c1-5-13-31-27(9-1)28-10-2-6-14-32(28)39(31)25-19-23-17-18-24-20-26(22-36-38(24)37(23)35(21-25)41-36)40-33-15-7-3-11-29(33)30-12-4-8-16-34(30)40/h1-16,19-22H,17-18H2. The Morgan fingerprint density at radius 2 is 0.756 bits per heavy atom. The van der Waals surface area contributed by atoms with Crippen molar-refractivity contribution in [2.24, 2.45) is 0 Å². The third-order valence-electron chi connectivity index (χ3n) is 9.15. The number of thiophene rings is 1. The second kappa shape index (κ2) is 7.87. The maximum absolute atomic E-state index is 2.46. The lowest BCUT2D eigenvalue weighted by molar-refractivity contribution is 0.962. The molecule has 6 aromatic carbocycles. The molecule has 3 heterocycles. The van der Waals surface area contributed by atoms with E-state index in [0.717, 1.165) is 12.8 Å². The van der Waals surface area contributed by atoms with Gasteiger partial charge in [0.2, 0.25) is 0 Å². The molecule has 0 N–H and O–H groups in total. The van der Waals surface area contributed by atoms with Crippen LogP contribution in [0, 0.1) is 0 Å². The average Bonchev–Trinajstić information content (AvgIpc) is 3.67. The summed E-state index contributed by atoms with van der Waals surface area (Å²) in [6.07, 6.45) is 2.13. The van der Waals surface area contributed by atoms with Crippen LogP contribution in [-0.2, 0) is 12.8 Å². The fourth-order valence-electron chi connectivity index (χ4n) is 7.48. The molecule has 0 saturated heterocycles. The summed E-state index contributed by atoms with van der Waals surface area (Å²) >= 11 is 1.95. The molecule has 3 heteroatoms. The van der Waals surface area contributed by atoms with Crippen LogP contribution in [0.25, 0.3) is 75.2 Å². The second-order valence-electron chi connectivity index (χ2n) is 11.3. The maximum atomic E-state index is 2.46. The van der Waals surface area contributed by atoms with Crippen molar-refractivity contribution in [3.05, 3.63) is 132 Å². The number of hydrogen-bond donors (Lipinski definition) is 0. The van der Waals surface area contributed by atoms with E-state index in [1.54, 1.807) is 0 Å². The summed E-state index contributed by atoms with van der Waals surface area (Å²) in [7, 11) is 0. The zero-order valence-electron chi connectivity index (χ0n) is 22.3. The van der Waals surface area contributed by atoms with Crippen molar-refractivity contribution in [2.75, 3.05) is 0 Å². The van der Waals surface area contributed by atoms with Crippen LogP contribution in [0.2, 0.25) is 0 Å². The van der Waals surface area contributed by atoms with Crippen LogP contribution in [0.5, 0.6) is 0 Å². The summed E-state index contributed by atoms with van der Waals surface area (Å²) in [6, 6.07) is 45.0. The van der Waals surface area contributed by atoms with Gasteiger partial charge in [-0.25, -0.2) is 0 Å². The van der Waals surface area contributed by atoms with Crippen LogP contribution >= 0.6 is 11.3 Å². The molecule has 9 aromatic rings. The fraction of sp³-hybridized carbons (Fsp3) is 0.0526. The van der Waals surface area contributed by atoms with Gasteiger partial charge in [-0.15, -0.1) is 11.3 Å². The normalized spacial score (nSPS) is 13.2. The first-order valence-corrected chi connectivity index (χ1v) is 15.1. The lowest BCUT2D eigenvalue weighted by Gasteiger charge is -2.18. The lowest BCUT2D eigenvalue weighted by atomic mass is 9.90. The predicted molar refractivity (Wildman–Crippen MR) is 175 cm³/mol. The van der Waals surface area contributed by atoms with Crippen LogP contribution in [-0.4, -0.2) is 9.13 Å². The van der Waals surface area contributed by atoms with E-state index in [0.29, 0.717) is 0 Å². The van der Waals surface area contributed by atoms with Gasteiger partial charge in [0.15, 0.2) is 0 Å². The lowest BCUT2D eigenvalue weighted by Crippen LogP contribution is -2.03. The molecule has 1 aliphatic carbocycles. The van der Waals surface area contributed by atoms with Gasteiger partial charge in [0.25, 0.3) is 0 Å². The largest absolute Gasteiger partial charge is 0.309 e.